The van der Waals surface area contributed by atoms with Crippen LogP contribution in [-0.2, 0) is 6.54 Å². The fourth-order valence-electron chi connectivity index (χ4n) is 2.44. The maximum absolute atomic E-state index is 12.3. The predicted octanol–water partition coefficient (Wildman–Crippen LogP) is 2.64. The molecule has 7 nitrogen and oxygen atoms in total. The summed E-state index contributed by atoms with van der Waals surface area (Å²) < 4.78 is 2.09. The summed E-state index contributed by atoms with van der Waals surface area (Å²) in [5, 5.41) is 11.7. The molecule has 0 unspecified atom stereocenters. The zero-order valence-electron chi connectivity index (χ0n) is 13.4. The third-order valence-corrected chi connectivity index (χ3v) is 4.78. The van der Waals surface area contributed by atoms with E-state index in [9.17, 15) is 9.59 Å². The van der Waals surface area contributed by atoms with Gasteiger partial charge in [-0.3, -0.25) is 4.79 Å². The van der Waals surface area contributed by atoms with Crippen molar-refractivity contribution >= 4 is 29.3 Å². The van der Waals surface area contributed by atoms with Crippen LogP contribution in [0.25, 0.3) is 0 Å². The summed E-state index contributed by atoms with van der Waals surface area (Å²) in [5.41, 5.74) is 6.20. The van der Waals surface area contributed by atoms with E-state index >= 15 is 0 Å². The largest absolute Gasteiger partial charge is 0.351 e. The molecule has 1 aliphatic rings. The molecule has 0 atom stereocenters. The van der Waals surface area contributed by atoms with Crippen molar-refractivity contribution in [3.63, 3.8) is 0 Å². The fraction of sp³-hybridized carbons (Fsp3) is 0.375. The molecule has 126 valence electrons. The number of carbonyl (C=O) groups is 2. The lowest BCUT2D eigenvalue weighted by Crippen LogP contribution is -2.19. The van der Waals surface area contributed by atoms with Crippen LogP contribution in [0.15, 0.2) is 29.4 Å². The lowest BCUT2D eigenvalue weighted by atomic mass is 10.1. The number of benzene rings is 1. The molecule has 1 saturated carbocycles. The van der Waals surface area contributed by atoms with Crippen LogP contribution in [0.2, 0.25) is 0 Å². The molecule has 1 aliphatic carbocycles. The van der Waals surface area contributed by atoms with Gasteiger partial charge in [0.2, 0.25) is 0 Å². The Bertz CT molecular complexity index is 752. The van der Waals surface area contributed by atoms with E-state index in [2.05, 4.69) is 27.0 Å². The van der Waals surface area contributed by atoms with Crippen LogP contribution in [0.1, 0.15) is 41.9 Å². The highest BCUT2D eigenvalue weighted by Crippen LogP contribution is 2.40. The fourth-order valence-corrected chi connectivity index (χ4v) is 3.35. The topological polar surface area (TPSA) is 103 Å². The highest BCUT2D eigenvalue weighted by atomic mass is 32.2. The molecule has 0 spiro atoms. The van der Waals surface area contributed by atoms with E-state index in [-0.39, 0.29) is 5.78 Å². The van der Waals surface area contributed by atoms with Gasteiger partial charge < -0.3 is 15.6 Å². The van der Waals surface area contributed by atoms with Crippen LogP contribution >= 0.6 is 11.8 Å². The third-order valence-electron chi connectivity index (χ3n) is 3.81. The van der Waals surface area contributed by atoms with Gasteiger partial charge in [-0.05, 0) is 44.0 Å². The van der Waals surface area contributed by atoms with E-state index in [4.69, 9.17) is 5.73 Å². The average molecular weight is 345 g/mol. The third kappa shape index (κ3) is 3.76. The van der Waals surface area contributed by atoms with Crippen LogP contribution in [0.4, 0.5) is 10.5 Å². The van der Waals surface area contributed by atoms with Gasteiger partial charge in [0, 0.05) is 23.7 Å². The van der Waals surface area contributed by atoms with Crippen LogP contribution < -0.4 is 11.1 Å². The molecule has 1 heterocycles. The maximum Gasteiger partial charge on any atom is 0.316 e. The number of aromatic nitrogens is 3. The van der Waals surface area contributed by atoms with Gasteiger partial charge in [-0.15, -0.1) is 10.2 Å². The number of nitrogens with two attached hydrogens (primary N) is 1. The van der Waals surface area contributed by atoms with Crippen molar-refractivity contribution in [2.75, 3.05) is 11.1 Å². The predicted molar refractivity (Wildman–Crippen MR) is 92.4 cm³/mol. The molecule has 2 aromatic rings. The number of ketones is 1. The molecule has 0 bridgehead atoms. The molecule has 2 amide bonds. The second kappa shape index (κ2) is 7.04. The zero-order valence-corrected chi connectivity index (χ0v) is 14.2. The first-order valence-electron chi connectivity index (χ1n) is 7.84. The molecule has 3 rings (SSSR count). The molecule has 3 N–H and O–H groups in total. The number of primary amides is 1. The molecular formula is C16H19N5O2S. The smallest absolute Gasteiger partial charge is 0.316 e. The number of hydrogen-bond donors (Lipinski definition) is 2. The number of amides is 2. The van der Waals surface area contributed by atoms with Crippen LogP contribution in [0, 0.1) is 0 Å². The Kier molecular flexibility index (Phi) is 4.84. The quantitative estimate of drug-likeness (QED) is 0.593. The molecular weight excluding hydrogens is 326 g/mol. The van der Waals surface area contributed by atoms with E-state index in [0.29, 0.717) is 22.9 Å². The van der Waals surface area contributed by atoms with Crippen molar-refractivity contribution in [2.24, 2.45) is 5.73 Å². The van der Waals surface area contributed by atoms with E-state index in [1.54, 1.807) is 24.3 Å². The first-order valence-corrected chi connectivity index (χ1v) is 8.82. The number of nitrogens with one attached hydrogen (secondary N) is 1. The SMILES string of the molecule is CCn1c(SCC(=O)c2ccc(NC(N)=O)cc2)nnc1C1CC1. The van der Waals surface area contributed by atoms with Gasteiger partial charge in [0.15, 0.2) is 10.9 Å². The second-order valence-corrected chi connectivity index (χ2v) is 6.58. The Morgan fingerprint density at radius 2 is 2.00 bits per heavy atom. The molecule has 0 aliphatic heterocycles. The van der Waals surface area contributed by atoms with E-state index in [1.807, 2.05) is 0 Å². The second-order valence-electron chi connectivity index (χ2n) is 5.64. The Morgan fingerprint density at radius 1 is 1.29 bits per heavy atom. The Morgan fingerprint density at radius 3 is 2.58 bits per heavy atom. The lowest BCUT2D eigenvalue weighted by Gasteiger charge is -2.06. The van der Waals surface area contributed by atoms with Gasteiger partial charge in [0.25, 0.3) is 0 Å². The summed E-state index contributed by atoms with van der Waals surface area (Å²) in [6, 6.07) is 6.03. The molecule has 1 aromatic heterocycles. The molecule has 8 heteroatoms. The molecule has 1 fully saturated rings. The van der Waals surface area contributed by atoms with Crippen LogP contribution in [-0.4, -0.2) is 32.3 Å². The van der Waals surface area contributed by atoms with Crippen LogP contribution in [0.3, 0.4) is 0 Å². The number of hydrogen-bond acceptors (Lipinski definition) is 5. The van der Waals surface area contributed by atoms with Crippen molar-refractivity contribution in [3.8, 4) is 0 Å². The van der Waals surface area contributed by atoms with Gasteiger partial charge in [-0.25, -0.2) is 4.79 Å². The van der Waals surface area contributed by atoms with Crippen molar-refractivity contribution < 1.29 is 9.59 Å². The summed E-state index contributed by atoms with van der Waals surface area (Å²) in [6.07, 6.45) is 2.35. The minimum Gasteiger partial charge on any atom is -0.351 e. The normalized spacial score (nSPS) is 13.7. The monoisotopic (exact) mass is 345 g/mol. The number of Topliss-reactive ketones (excluding diaryl/α,β-unsaturated/α-hetero) is 1. The number of urea groups is 1. The first-order chi connectivity index (χ1) is 11.6. The van der Waals surface area contributed by atoms with Gasteiger partial charge >= 0.3 is 6.03 Å². The number of anilines is 1. The summed E-state index contributed by atoms with van der Waals surface area (Å²) in [4.78, 5) is 23.1. The Hall–Kier alpha value is -2.35. The van der Waals surface area contributed by atoms with Gasteiger partial charge in [0.1, 0.15) is 5.82 Å². The maximum atomic E-state index is 12.3. The van der Waals surface area contributed by atoms with Crippen molar-refractivity contribution in [1.29, 1.82) is 0 Å². The Balaban J connectivity index is 1.62. The van der Waals surface area contributed by atoms with Gasteiger partial charge in [-0.1, -0.05) is 11.8 Å². The highest BCUT2D eigenvalue weighted by molar-refractivity contribution is 7.99. The molecule has 24 heavy (non-hydrogen) atoms. The number of rotatable bonds is 7. The minimum atomic E-state index is -0.630. The number of thioether (sulfide) groups is 1. The molecule has 1 aromatic carbocycles. The Labute approximate surface area is 144 Å². The van der Waals surface area contributed by atoms with Gasteiger partial charge in [0.05, 0.1) is 5.75 Å². The van der Waals surface area contributed by atoms with Crippen molar-refractivity contribution in [2.45, 2.75) is 37.4 Å². The van der Waals surface area contributed by atoms with Crippen molar-refractivity contribution in [3.05, 3.63) is 35.7 Å². The molecule has 0 radical (unpaired) electrons. The van der Waals surface area contributed by atoms with Crippen molar-refractivity contribution in [1.82, 2.24) is 14.8 Å². The summed E-state index contributed by atoms with van der Waals surface area (Å²) in [6.45, 7) is 2.87. The average Bonchev–Trinajstić information content (AvgIpc) is 3.32. The van der Waals surface area contributed by atoms with Crippen LogP contribution in [0.5, 0.6) is 0 Å². The number of carbonyl (C=O) groups excluding carboxylic acids is 2. The van der Waals surface area contributed by atoms with E-state index < -0.39 is 6.03 Å². The lowest BCUT2D eigenvalue weighted by molar-refractivity contribution is 0.102. The van der Waals surface area contributed by atoms with E-state index in [0.717, 1.165) is 17.5 Å². The summed E-state index contributed by atoms with van der Waals surface area (Å²) in [5.74, 6) is 1.87. The summed E-state index contributed by atoms with van der Waals surface area (Å²) >= 11 is 1.41. The zero-order chi connectivity index (χ0) is 17.1. The first kappa shape index (κ1) is 16.5. The highest BCUT2D eigenvalue weighted by Gasteiger charge is 2.30. The standard InChI is InChI=1S/C16H19N5O2S/c1-2-21-14(11-3-4-11)19-20-16(21)24-9-13(22)10-5-7-12(8-6-10)18-15(17)23/h5-8,11H,2-4,9H2,1H3,(H3,17,18,23). The van der Waals surface area contributed by atoms with E-state index in [1.165, 1.54) is 24.6 Å². The number of nitrogens with zero attached hydrogens (tertiary/aromatic N) is 3. The molecule has 0 saturated heterocycles. The minimum absolute atomic E-state index is 0.00394. The summed E-state index contributed by atoms with van der Waals surface area (Å²) in [7, 11) is 0. The van der Waals surface area contributed by atoms with Gasteiger partial charge in [-0.2, -0.15) is 0 Å².